The Bertz CT molecular complexity index is 184. The van der Waals surface area contributed by atoms with Gasteiger partial charge in [-0.25, -0.2) is 0 Å². The average Bonchev–Trinajstić information content (AvgIpc) is 2.39. The second-order valence-corrected chi connectivity index (χ2v) is 5.87. The summed E-state index contributed by atoms with van der Waals surface area (Å²) in [5.41, 5.74) is 0. The molecule has 0 aromatic heterocycles. The van der Waals surface area contributed by atoms with Gasteiger partial charge in [-0.15, -0.1) is 0 Å². The molecule has 0 amide bonds. The molecule has 1 atom stereocenters. The van der Waals surface area contributed by atoms with Gasteiger partial charge >= 0.3 is 0 Å². The summed E-state index contributed by atoms with van der Waals surface area (Å²) in [5.74, 6) is 0. The van der Waals surface area contributed by atoms with Gasteiger partial charge in [0.15, 0.2) is 0 Å². The summed E-state index contributed by atoms with van der Waals surface area (Å²) in [6.45, 7) is 4.15. The number of aliphatic hydroxyl groups excluding tert-OH is 1. The van der Waals surface area contributed by atoms with Crippen LogP contribution in [0.4, 0.5) is 0 Å². The summed E-state index contributed by atoms with van der Waals surface area (Å²) >= 11 is 0. The first-order valence-electron chi connectivity index (χ1n) is 8.60. The fourth-order valence-corrected chi connectivity index (χ4v) is 2.33. The summed E-state index contributed by atoms with van der Waals surface area (Å²) in [5, 5.41) is 9.13. The molecule has 1 unspecified atom stereocenters. The smallest absolute Gasteiger partial charge is 0.0512 e. The lowest BCUT2D eigenvalue weighted by molar-refractivity contribution is 0.180. The number of allylic oxidation sites excluding steroid dienone is 2. The molecular weight excluding hydrogens is 232 g/mol. The summed E-state index contributed by atoms with van der Waals surface area (Å²) < 4.78 is 0. The van der Waals surface area contributed by atoms with Crippen molar-refractivity contribution >= 4 is 0 Å². The Morgan fingerprint density at radius 1 is 0.737 bits per heavy atom. The number of aliphatic hydroxyl groups is 1. The fourth-order valence-electron chi connectivity index (χ4n) is 2.33. The Kier molecular flexibility index (Phi) is 15.5. The zero-order chi connectivity index (χ0) is 14.2. The highest BCUT2D eigenvalue weighted by atomic mass is 16.3. The van der Waals surface area contributed by atoms with E-state index in [1.54, 1.807) is 0 Å². The monoisotopic (exact) mass is 268 g/mol. The first kappa shape index (κ1) is 18.7. The molecule has 0 bridgehead atoms. The number of hydrogen-bond acceptors (Lipinski definition) is 1. The number of rotatable bonds is 14. The number of unbranched alkanes of at least 4 members (excludes halogenated alkanes) is 10. The predicted octanol–water partition coefficient (Wildman–Crippen LogP) is 6.01. The van der Waals surface area contributed by atoms with Crippen molar-refractivity contribution in [1.29, 1.82) is 0 Å². The quantitative estimate of drug-likeness (QED) is 0.302. The molecule has 1 nitrogen and oxygen atoms in total. The molecule has 19 heavy (non-hydrogen) atoms. The molecule has 0 aliphatic heterocycles. The van der Waals surface area contributed by atoms with E-state index < -0.39 is 0 Å². The largest absolute Gasteiger partial charge is 0.393 e. The third-order valence-electron chi connectivity index (χ3n) is 3.63. The van der Waals surface area contributed by atoms with Gasteiger partial charge in [0.25, 0.3) is 0 Å². The van der Waals surface area contributed by atoms with Gasteiger partial charge in [-0.2, -0.15) is 0 Å². The fraction of sp³-hybridized carbons (Fsp3) is 0.889. The van der Waals surface area contributed by atoms with Crippen molar-refractivity contribution in [3.05, 3.63) is 12.2 Å². The van der Waals surface area contributed by atoms with Crippen LogP contribution in [0.5, 0.6) is 0 Å². The van der Waals surface area contributed by atoms with Crippen LogP contribution in [0.15, 0.2) is 12.2 Å². The molecule has 0 aromatic carbocycles. The Balaban J connectivity index is 3.05. The van der Waals surface area contributed by atoms with E-state index in [4.69, 9.17) is 5.11 Å². The summed E-state index contributed by atoms with van der Waals surface area (Å²) in [6.07, 6.45) is 21.6. The van der Waals surface area contributed by atoms with Gasteiger partial charge in [0.05, 0.1) is 6.10 Å². The van der Waals surface area contributed by atoms with Gasteiger partial charge in [-0.05, 0) is 39.0 Å². The second kappa shape index (κ2) is 15.8. The highest BCUT2D eigenvalue weighted by Crippen LogP contribution is 2.09. The van der Waals surface area contributed by atoms with Gasteiger partial charge in [0, 0.05) is 0 Å². The lowest BCUT2D eigenvalue weighted by Gasteiger charge is -2.02. The molecular formula is C18H36O. The van der Waals surface area contributed by atoms with Crippen molar-refractivity contribution in [2.24, 2.45) is 0 Å². The SMILES string of the molecule is CCCCCCCCC/C=C/CCCCCC(C)O. The molecule has 1 heteroatoms. The Morgan fingerprint density at radius 3 is 1.74 bits per heavy atom. The van der Waals surface area contributed by atoms with Crippen molar-refractivity contribution in [2.75, 3.05) is 0 Å². The van der Waals surface area contributed by atoms with E-state index >= 15 is 0 Å². The summed E-state index contributed by atoms with van der Waals surface area (Å²) in [6, 6.07) is 0. The van der Waals surface area contributed by atoms with Gasteiger partial charge < -0.3 is 5.11 Å². The van der Waals surface area contributed by atoms with E-state index in [0.717, 1.165) is 6.42 Å². The van der Waals surface area contributed by atoms with Crippen molar-refractivity contribution < 1.29 is 5.11 Å². The summed E-state index contributed by atoms with van der Waals surface area (Å²) in [4.78, 5) is 0. The average molecular weight is 268 g/mol. The standard InChI is InChI=1S/C18H36O/c1-3-4-5-6-7-8-9-10-11-12-13-14-15-16-17-18(2)19/h11-12,18-19H,3-10,13-17H2,1-2H3/b12-11+. The Hall–Kier alpha value is -0.300. The van der Waals surface area contributed by atoms with E-state index in [2.05, 4.69) is 19.1 Å². The normalized spacial score (nSPS) is 13.2. The zero-order valence-electron chi connectivity index (χ0n) is 13.4. The van der Waals surface area contributed by atoms with Gasteiger partial charge in [-0.3, -0.25) is 0 Å². The van der Waals surface area contributed by atoms with Crippen molar-refractivity contribution in [3.63, 3.8) is 0 Å². The summed E-state index contributed by atoms with van der Waals surface area (Å²) in [7, 11) is 0. The zero-order valence-corrected chi connectivity index (χ0v) is 13.4. The third kappa shape index (κ3) is 17.7. The highest BCUT2D eigenvalue weighted by molar-refractivity contribution is 4.81. The van der Waals surface area contributed by atoms with E-state index in [1.165, 1.54) is 77.0 Å². The maximum atomic E-state index is 9.13. The van der Waals surface area contributed by atoms with Crippen molar-refractivity contribution in [2.45, 2.75) is 103 Å². The molecule has 0 heterocycles. The maximum Gasteiger partial charge on any atom is 0.0512 e. The lowest BCUT2D eigenvalue weighted by Crippen LogP contribution is -1.97. The minimum atomic E-state index is -0.118. The number of hydrogen-bond donors (Lipinski definition) is 1. The van der Waals surface area contributed by atoms with E-state index in [9.17, 15) is 0 Å². The van der Waals surface area contributed by atoms with Crippen LogP contribution in [0, 0.1) is 0 Å². The molecule has 0 fully saturated rings. The lowest BCUT2D eigenvalue weighted by atomic mass is 10.1. The Labute approximate surface area is 121 Å². The molecule has 0 radical (unpaired) electrons. The van der Waals surface area contributed by atoms with Crippen LogP contribution in [0.2, 0.25) is 0 Å². The third-order valence-corrected chi connectivity index (χ3v) is 3.63. The molecule has 0 saturated carbocycles. The van der Waals surface area contributed by atoms with Crippen LogP contribution in [-0.2, 0) is 0 Å². The van der Waals surface area contributed by atoms with Crippen LogP contribution < -0.4 is 0 Å². The van der Waals surface area contributed by atoms with Crippen LogP contribution in [-0.4, -0.2) is 11.2 Å². The van der Waals surface area contributed by atoms with Crippen molar-refractivity contribution in [1.82, 2.24) is 0 Å². The maximum absolute atomic E-state index is 9.13. The van der Waals surface area contributed by atoms with Crippen LogP contribution in [0.3, 0.4) is 0 Å². The van der Waals surface area contributed by atoms with Gasteiger partial charge in [0.2, 0.25) is 0 Å². The molecule has 114 valence electrons. The van der Waals surface area contributed by atoms with Gasteiger partial charge in [-0.1, -0.05) is 70.4 Å². The molecule has 1 N–H and O–H groups in total. The van der Waals surface area contributed by atoms with Crippen LogP contribution in [0.1, 0.15) is 97.3 Å². The van der Waals surface area contributed by atoms with Crippen LogP contribution in [0.25, 0.3) is 0 Å². The minimum absolute atomic E-state index is 0.118. The molecule has 0 aliphatic rings. The van der Waals surface area contributed by atoms with Crippen LogP contribution >= 0.6 is 0 Å². The van der Waals surface area contributed by atoms with E-state index in [0.29, 0.717) is 0 Å². The molecule has 0 rings (SSSR count). The van der Waals surface area contributed by atoms with E-state index in [-0.39, 0.29) is 6.10 Å². The first-order chi connectivity index (χ1) is 9.27. The molecule has 0 spiro atoms. The van der Waals surface area contributed by atoms with Crippen molar-refractivity contribution in [3.8, 4) is 0 Å². The topological polar surface area (TPSA) is 20.2 Å². The predicted molar refractivity (Wildman–Crippen MR) is 86.5 cm³/mol. The molecule has 0 aromatic rings. The molecule has 0 aliphatic carbocycles. The van der Waals surface area contributed by atoms with Gasteiger partial charge in [0.1, 0.15) is 0 Å². The second-order valence-electron chi connectivity index (χ2n) is 5.87. The van der Waals surface area contributed by atoms with E-state index in [1.807, 2.05) is 6.92 Å². The highest BCUT2D eigenvalue weighted by Gasteiger charge is 1.94. The minimum Gasteiger partial charge on any atom is -0.393 e. The Morgan fingerprint density at radius 2 is 1.21 bits per heavy atom. The first-order valence-corrected chi connectivity index (χ1v) is 8.60. The molecule has 0 saturated heterocycles.